The molecule has 1 aliphatic rings. The third kappa shape index (κ3) is 4.29. The fourth-order valence-electron chi connectivity index (χ4n) is 4.26. The average Bonchev–Trinajstić information content (AvgIpc) is 3.53. The molecule has 1 aromatic heterocycles. The van der Waals surface area contributed by atoms with Crippen molar-refractivity contribution in [3.63, 3.8) is 0 Å². The second-order valence-corrected chi connectivity index (χ2v) is 8.12. The van der Waals surface area contributed by atoms with Crippen molar-refractivity contribution >= 4 is 22.8 Å². The number of hydrogen-bond acceptors (Lipinski definition) is 6. The van der Waals surface area contributed by atoms with E-state index < -0.39 is 11.3 Å². The summed E-state index contributed by atoms with van der Waals surface area (Å²) in [7, 11) is 2.71. The number of methoxy groups -OCH3 is 1. The van der Waals surface area contributed by atoms with Gasteiger partial charge in [0.05, 0.1) is 31.1 Å². The number of carbonyl (C=O) groups excluding carboxylic acids is 2. The Bertz CT molecular complexity index is 1140. The first-order valence-corrected chi connectivity index (χ1v) is 10.4. The van der Waals surface area contributed by atoms with Crippen molar-refractivity contribution in [2.24, 2.45) is 11.3 Å². The Morgan fingerprint density at radius 3 is 2.59 bits per heavy atom. The van der Waals surface area contributed by atoms with E-state index in [1.54, 1.807) is 0 Å². The summed E-state index contributed by atoms with van der Waals surface area (Å²) in [4.78, 5) is 33.8. The molecule has 7 nitrogen and oxygen atoms in total. The standard InChI is InChI=1S/C25H26N2O5/c1-16-12-18(20-6-4-5-7-22(20)26-16)15-32-19-10-8-17(9-11-19)13-25(24(29)30-2)14-21(25)23(28)27-31-3/h4-12,21H,13-15H2,1-3H3,(H,27,28). The minimum absolute atomic E-state index is 0.308. The molecule has 32 heavy (non-hydrogen) atoms. The Labute approximate surface area is 186 Å². The van der Waals surface area contributed by atoms with Crippen LogP contribution in [0.25, 0.3) is 10.9 Å². The normalized spacial score (nSPS) is 19.4. The number of carbonyl (C=O) groups is 2. The summed E-state index contributed by atoms with van der Waals surface area (Å²) in [5.74, 6) is -0.426. The summed E-state index contributed by atoms with van der Waals surface area (Å²) in [5.41, 5.74) is 5.36. The average molecular weight is 434 g/mol. The monoisotopic (exact) mass is 434 g/mol. The third-order valence-corrected chi connectivity index (χ3v) is 5.95. The van der Waals surface area contributed by atoms with Gasteiger partial charge >= 0.3 is 5.97 Å². The van der Waals surface area contributed by atoms with Crippen molar-refractivity contribution in [1.29, 1.82) is 0 Å². The zero-order valence-electron chi connectivity index (χ0n) is 18.4. The minimum atomic E-state index is -0.854. The Kier molecular flexibility index (Phi) is 6.10. The number of ether oxygens (including phenoxy) is 2. The zero-order chi connectivity index (χ0) is 22.7. The number of amides is 1. The molecule has 2 atom stereocenters. The van der Waals surface area contributed by atoms with E-state index in [-0.39, 0.29) is 11.9 Å². The summed E-state index contributed by atoms with van der Waals surface area (Å²) in [5, 5.41) is 1.07. The van der Waals surface area contributed by atoms with Gasteiger partial charge in [-0.25, -0.2) is 5.48 Å². The number of para-hydroxylation sites is 1. The van der Waals surface area contributed by atoms with E-state index in [0.717, 1.165) is 33.5 Å². The predicted molar refractivity (Wildman–Crippen MR) is 119 cm³/mol. The Hall–Kier alpha value is -3.45. The molecule has 0 bridgehead atoms. The molecule has 2 aromatic carbocycles. The molecule has 1 heterocycles. The number of pyridine rings is 1. The lowest BCUT2D eigenvalue weighted by molar-refractivity contribution is -0.150. The molecule has 0 aliphatic heterocycles. The van der Waals surface area contributed by atoms with Gasteiger partial charge in [-0.3, -0.25) is 19.4 Å². The van der Waals surface area contributed by atoms with E-state index in [0.29, 0.717) is 19.4 Å². The van der Waals surface area contributed by atoms with Crippen LogP contribution >= 0.6 is 0 Å². The Balaban J connectivity index is 1.45. The van der Waals surface area contributed by atoms with E-state index in [9.17, 15) is 9.59 Å². The SMILES string of the molecule is CONC(=O)C1CC1(Cc1ccc(OCc2cc(C)nc3ccccc23)cc1)C(=O)OC. The Morgan fingerprint density at radius 1 is 1.12 bits per heavy atom. The van der Waals surface area contributed by atoms with Crippen LogP contribution in [0.2, 0.25) is 0 Å². The molecule has 0 spiro atoms. The molecule has 3 aromatic rings. The number of rotatable bonds is 8. The van der Waals surface area contributed by atoms with E-state index in [1.165, 1.54) is 14.2 Å². The van der Waals surface area contributed by atoms with Crippen LogP contribution in [0, 0.1) is 18.3 Å². The molecule has 166 valence electrons. The van der Waals surface area contributed by atoms with Crippen LogP contribution in [0.3, 0.4) is 0 Å². The molecule has 1 fully saturated rings. The van der Waals surface area contributed by atoms with Gasteiger partial charge < -0.3 is 9.47 Å². The molecular weight excluding hydrogens is 408 g/mol. The number of nitrogens with one attached hydrogen (secondary N) is 1. The molecule has 0 saturated heterocycles. The van der Waals surface area contributed by atoms with Crippen LogP contribution in [-0.4, -0.2) is 31.1 Å². The van der Waals surface area contributed by atoms with Crippen LogP contribution in [0.5, 0.6) is 5.75 Å². The first-order valence-electron chi connectivity index (χ1n) is 10.4. The highest BCUT2D eigenvalue weighted by Crippen LogP contribution is 2.55. The third-order valence-electron chi connectivity index (χ3n) is 5.95. The van der Waals surface area contributed by atoms with Gasteiger partial charge in [-0.05, 0) is 49.6 Å². The first kappa shape index (κ1) is 21.8. The van der Waals surface area contributed by atoms with Gasteiger partial charge in [0.15, 0.2) is 0 Å². The molecule has 2 unspecified atom stereocenters. The molecule has 1 N–H and O–H groups in total. The fraction of sp³-hybridized carbons (Fsp3) is 0.320. The summed E-state index contributed by atoms with van der Waals surface area (Å²) in [6.45, 7) is 2.40. The molecular formula is C25H26N2O5. The van der Waals surface area contributed by atoms with Gasteiger partial charge in [0.2, 0.25) is 5.91 Å². The number of hydroxylamine groups is 1. The van der Waals surface area contributed by atoms with E-state index in [1.807, 2.05) is 61.5 Å². The molecule has 0 radical (unpaired) electrons. The maximum atomic E-state index is 12.4. The maximum Gasteiger partial charge on any atom is 0.312 e. The quantitative estimate of drug-likeness (QED) is 0.431. The maximum absolute atomic E-state index is 12.4. The topological polar surface area (TPSA) is 86.8 Å². The van der Waals surface area contributed by atoms with E-state index in [4.69, 9.17) is 14.3 Å². The second-order valence-electron chi connectivity index (χ2n) is 8.12. The lowest BCUT2D eigenvalue weighted by atomic mass is 9.93. The summed E-state index contributed by atoms with van der Waals surface area (Å²) >= 11 is 0. The van der Waals surface area contributed by atoms with Crippen molar-refractivity contribution in [3.8, 4) is 5.75 Å². The van der Waals surface area contributed by atoms with Gasteiger partial charge in [0, 0.05) is 16.6 Å². The smallest absolute Gasteiger partial charge is 0.312 e. The number of nitrogens with zero attached hydrogens (tertiary/aromatic N) is 1. The molecule has 7 heteroatoms. The number of esters is 1. The van der Waals surface area contributed by atoms with E-state index in [2.05, 4.69) is 10.5 Å². The number of fused-ring (bicyclic) bond motifs is 1. The van der Waals surface area contributed by atoms with Gasteiger partial charge in [0.1, 0.15) is 12.4 Å². The number of benzene rings is 2. The van der Waals surface area contributed by atoms with Crippen LogP contribution in [0.4, 0.5) is 0 Å². The predicted octanol–water partition coefficient (Wildman–Crippen LogP) is 3.52. The Morgan fingerprint density at radius 2 is 1.88 bits per heavy atom. The van der Waals surface area contributed by atoms with Gasteiger partial charge in [-0.15, -0.1) is 0 Å². The lowest BCUT2D eigenvalue weighted by Crippen LogP contribution is -2.31. The van der Waals surface area contributed by atoms with Crippen LogP contribution < -0.4 is 10.2 Å². The highest BCUT2D eigenvalue weighted by molar-refractivity contribution is 5.93. The number of hydrogen-bond donors (Lipinski definition) is 1. The number of aryl methyl sites for hydroxylation is 1. The van der Waals surface area contributed by atoms with Crippen molar-refractivity contribution < 1.29 is 23.9 Å². The summed E-state index contributed by atoms with van der Waals surface area (Å²) in [6.07, 6.45) is 0.845. The van der Waals surface area contributed by atoms with Gasteiger partial charge in [-0.2, -0.15) is 0 Å². The largest absolute Gasteiger partial charge is 0.489 e. The fourth-order valence-corrected chi connectivity index (χ4v) is 4.26. The van der Waals surface area contributed by atoms with Crippen molar-refractivity contribution in [1.82, 2.24) is 10.5 Å². The first-order chi connectivity index (χ1) is 15.5. The minimum Gasteiger partial charge on any atom is -0.489 e. The molecule has 1 aliphatic carbocycles. The molecule has 1 amide bonds. The van der Waals surface area contributed by atoms with Crippen molar-refractivity contribution in [3.05, 3.63) is 71.4 Å². The summed E-state index contributed by atoms with van der Waals surface area (Å²) in [6, 6.07) is 17.6. The molecule has 4 rings (SSSR count). The number of aromatic nitrogens is 1. The van der Waals surface area contributed by atoms with Gasteiger partial charge in [-0.1, -0.05) is 30.3 Å². The van der Waals surface area contributed by atoms with Crippen molar-refractivity contribution in [2.45, 2.75) is 26.4 Å². The van der Waals surface area contributed by atoms with E-state index >= 15 is 0 Å². The van der Waals surface area contributed by atoms with Crippen LogP contribution in [-0.2, 0) is 32.2 Å². The highest BCUT2D eigenvalue weighted by atomic mass is 16.6. The zero-order valence-corrected chi connectivity index (χ0v) is 18.4. The van der Waals surface area contributed by atoms with Crippen LogP contribution in [0.1, 0.15) is 23.2 Å². The molecule has 1 saturated carbocycles. The highest BCUT2D eigenvalue weighted by Gasteiger charge is 2.64. The lowest BCUT2D eigenvalue weighted by Gasteiger charge is -2.15. The summed E-state index contributed by atoms with van der Waals surface area (Å²) < 4.78 is 11.0. The second kappa shape index (κ2) is 8.96. The van der Waals surface area contributed by atoms with Crippen LogP contribution in [0.15, 0.2) is 54.6 Å². The van der Waals surface area contributed by atoms with Gasteiger partial charge in [0.25, 0.3) is 0 Å². The van der Waals surface area contributed by atoms with Crippen molar-refractivity contribution in [2.75, 3.05) is 14.2 Å².